The van der Waals surface area contributed by atoms with Crippen molar-refractivity contribution in [2.75, 3.05) is 23.7 Å². The molecule has 2 aromatic carbocycles. The van der Waals surface area contributed by atoms with Gasteiger partial charge in [-0.25, -0.2) is 0 Å². The Morgan fingerprint density at radius 2 is 1.13 bits per heavy atom. The third kappa shape index (κ3) is 4.40. The van der Waals surface area contributed by atoms with Crippen LogP contribution < -0.4 is 10.6 Å². The van der Waals surface area contributed by atoms with Gasteiger partial charge in [0.05, 0.1) is 9.85 Å². The highest BCUT2D eigenvalue weighted by Crippen LogP contribution is 2.24. The molecule has 0 aromatic heterocycles. The van der Waals surface area contributed by atoms with Crippen LogP contribution in [-0.2, 0) is 0 Å². The van der Waals surface area contributed by atoms with Crippen molar-refractivity contribution in [3.05, 3.63) is 68.8 Å². The molecule has 120 valence electrons. The second kappa shape index (κ2) is 7.74. The van der Waals surface area contributed by atoms with E-state index >= 15 is 0 Å². The highest BCUT2D eigenvalue weighted by molar-refractivity contribution is 5.62. The van der Waals surface area contributed by atoms with Gasteiger partial charge in [-0.05, 0) is 18.6 Å². The molecule has 0 aliphatic rings. The Bertz CT molecular complexity index is 646. The van der Waals surface area contributed by atoms with Crippen LogP contribution in [0.4, 0.5) is 22.7 Å². The van der Waals surface area contributed by atoms with E-state index < -0.39 is 9.85 Å². The summed E-state index contributed by atoms with van der Waals surface area (Å²) in [6.45, 7) is 1.02. The zero-order valence-electron chi connectivity index (χ0n) is 12.3. The number of nitrogens with zero attached hydrogens (tertiary/aromatic N) is 2. The fourth-order valence-corrected chi connectivity index (χ4v) is 2.10. The van der Waals surface area contributed by atoms with Gasteiger partial charge in [0.2, 0.25) is 0 Å². The Labute approximate surface area is 132 Å². The van der Waals surface area contributed by atoms with Gasteiger partial charge >= 0.3 is 0 Å². The molecule has 0 saturated heterocycles. The Morgan fingerprint density at radius 1 is 0.739 bits per heavy atom. The van der Waals surface area contributed by atoms with Gasteiger partial charge in [-0.2, -0.15) is 0 Å². The lowest BCUT2D eigenvalue weighted by Gasteiger charge is -2.09. The molecule has 0 bridgehead atoms. The van der Waals surface area contributed by atoms with Gasteiger partial charge in [0.15, 0.2) is 0 Å². The number of hydrogen-bond donors (Lipinski definition) is 2. The predicted octanol–water partition coefficient (Wildman–Crippen LogP) is 3.42. The molecule has 2 rings (SSSR count). The van der Waals surface area contributed by atoms with Gasteiger partial charge in [-0.1, -0.05) is 24.3 Å². The molecular formula is C15H16N4O4. The van der Waals surface area contributed by atoms with Crippen LogP contribution in [0.2, 0.25) is 0 Å². The van der Waals surface area contributed by atoms with Gasteiger partial charge in [0.1, 0.15) is 11.4 Å². The Morgan fingerprint density at radius 3 is 1.52 bits per heavy atom. The minimum atomic E-state index is -0.437. The van der Waals surface area contributed by atoms with E-state index in [-0.39, 0.29) is 11.4 Å². The molecule has 0 fully saturated rings. The molecule has 0 heterocycles. The van der Waals surface area contributed by atoms with E-state index in [1.165, 1.54) is 12.1 Å². The SMILES string of the molecule is O=[N+]([O-])c1ccccc1NCCCNc1ccccc1[N+](=O)[O-]. The van der Waals surface area contributed by atoms with Gasteiger partial charge < -0.3 is 10.6 Å². The summed E-state index contributed by atoms with van der Waals surface area (Å²) in [5.74, 6) is 0. The molecule has 0 aliphatic heterocycles. The van der Waals surface area contributed by atoms with Crippen LogP contribution in [0.3, 0.4) is 0 Å². The first-order chi connectivity index (χ1) is 11.1. The summed E-state index contributed by atoms with van der Waals surface area (Å²) in [6, 6.07) is 12.8. The summed E-state index contributed by atoms with van der Waals surface area (Å²) in [5, 5.41) is 27.8. The van der Waals surface area contributed by atoms with Gasteiger partial charge in [0.25, 0.3) is 11.4 Å². The zero-order chi connectivity index (χ0) is 16.7. The van der Waals surface area contributed by atoms with Crippen molar-refractivity contribution < 1.29 is 9.85 Å². The van der Waals surface area contributed by atoms with Crippen LogP contribution >= 0.6 is 0 Å². The molecule has 0 radical (unpaired) electrons. The van der Waals surface area contributed by atoms with E-state index in [1.54, 1.807) is 36.4 Å². The number of para-hydroxylation sites is 4. The minimum absolute atomic E-state index is 0.0270. The van der Waals surface area contributed by atoms with Crippen LogP contribution in [-0.4, -0.2) is 22.9 Å². The van der Waals surface area contributed by atoms with E-state index in [9.17, 15) is 20.2 Å². The normalized spacial score (nSPS) is 10.1. The van der Waals surface area contributed by atoms with Crippen LogP contribution in [0.25, 0.3) is 0 Å². The highest BCUT2D eigenvalue weighted by Gasteiger charge is 2.12. The van der Waals surface area contributed by atoms with Crippen LogP contribution in [0, 0.1) is 20.2 Å². The molecule has 0 spiro atoms. The first-order valence-corrected chi connectivity index (χ1v) is 7.04. The van der Waals surface area contributed by atoms with Crippen molar-refractivity contribution in [3.63, 3.8) is 0 Å². The monoisotopic (exact) mass is 316 g/mol. The molecule has 2 N–H and O–H groups in total. The molecule has 0 saturated carbocycles. The second-order valence-corrected chi connectivity index (χ2v) is 4.76. The standard InChI is InChI=1S/C15H16N4O4/c20-18(21)14-8-3-1-6-12(14)16-10-5-11-17-13-7-2-4-9-15(13)19(22)23/h1-4,6-9,16-17H,5,10-11H2. The third-order valence-electron chi connectivity index (χ3n) is 3.19. The minimum Gasteiger partial charge on any atom is -0.379 e. The van der Waals surface area contributed by atoms with Crippen molar-refractivity contribution in [2.45, 2.75) is 6.42 Å². The van der Waals surface area contributed by atoms with E-state index in [1.807, 2.05) is 0 Å². The fraction of sp³-hybridized carbons (Fsp3) is 0.200. The van der Waals surface area contributed by atoms with Crippen molar-refractivity contribution in [2.24, 2.45) is 0 Å². The number of nitro groups is 2. The van der Waals surface area contributed by atoms with E-state index in [0.717, 1.165) is 0 Å². The zero-order valence-corrected chi connectivity index (χ0v) is 12.3. The number of rotatable bonds is 8. The first-order valence-electron chi connectivity index (χ1n) is 7.04. The fourth-order valence-electron chi connectivity index (χ4n) is 2.10. The summed E-state index contributed by atoms with van der Waals surface area (Å²) >= 11 is 0. The molecule has 23 heavy (non-hydrogen) atoms. The number of hydrogen-bond acceptors (Lipinski definition) is 6. The maximum absolute atomic E-state index is 10.9. The van der Waals surface area contributed by atoms with Crippen molar-refractivity contribution in [3.8, 4) is 0 Å². The van der Waals surface area contributed by atoms with E-state index in [2.05, 4.69) is 10.6 Å². The molecule has 8 heteroatoms. The van der Waals surface area contributed by atoms with Crippen molar-refractivity contribution >= 4 is 22.7 Å². The first kappa shape index (κ1) is 16.2. The molecule has 0 atom stereocenters. The van der Waals surface area contributed by atoms with Gasteiger partial charge in [-0.3, -0.25) is 20.2 Å². The largest absolute Gasteiger partial charge is 0.379 e. The lowest BCUT2D eigenvalue weighted by atomic mass is 10.2. The summed E-state index contributed by atoms with van der Waals surface area (Å²) in [7, 11) is 0. The van der Waals surface area contributed by atoms with Crippen LogP contribution in [0.15, 0.2) is 48.5 Å². The number of benzene rings is 2. The maximum Gasteiger partial charge on any atom is 0.292 e. The van der Waals surface area contributed by atoms with Gasteiger partial charge in [0, 0.05) is 25.2 Å². The summed E-state index contributed by atoms with van der Waals surface area (Å²) in [5.41, 5.74) is 0.977. The van der Waals surface area contributed by atoms with Gasteiger partial charge in [-0.15, -0.1) is 0 Å². The molecular weight excluding hydrogens is 300 g/mol. The lowest BCUT2D eigenvalue weighted by molar-refractivity contribution is -0.384. The van der Waals surface area contributed by atoms with Crippen molar-refractivity contribution in [1.82, 2.24) is 0 Å². The number of nitrogens with one attached hydrogen (secondary N) is 2. The average molecular weight is 316 g/mol. The predicted molar refractivity (Wildman–Crippen MR) is 87.8 cm³/mol. The van der Waals surface area contributed by atoms with E-state index in [0.29, 0.717) is 30.9 Å². The summed E-state index contributed by atoms with van der Waals surface area (Å²) < 4.78 is 0. The molecule has 0 aliphatic carbocycles. The number of nitro benzene ring substituents is 2. The topological polar surface area (TPSA) is 110 Å². The molecule has 8 nitrogen and oxygen atoms in total. The van der Waals surface area contributed by atoms with Crippen LogP contribution in [0.5, 0.6) is 0 Å². The Kier molecular flexibility index (Phi) is 5.45. The summed E-state index contributed by atoms with van der Waals surface area (Å²) in [4.78, 5) is 20.9. The smallest absolute Gasteiger partial charge is 0.292 e. The van der Waals surface area contributed by atoms with E-state index in [4.69, 9.17) is 0 Å². The quantitative estimate of drug-likeness (QED) is 0.438. The van der Waals surface area contributed by atoms with Crippen molar-refractivity contribution in [1.29, 1.82) is 0 Å². The summed E-state index contributed by atoms with van der Waals surface area (Å²) in [6.07, 6.45) is 0.651. The average Bonchev–Trinajstić information content (AvgIpc) is 2.55. The number of anilines is 2. The second-order valence-electron chi connectivity index (χ2n) is 4.76. The molecule has 0 unspecified atom stereocenters. The Balaban J connectivity index is 1.83. The third-order valence-corrected chi connectivity index (χ3v) is 3.19. The van der Waals surface area contributed by atoms with Crippen LogP contribution in [0.1, 0.15) is 6.42 Å². The highest BCUT2D eigenvalue weighted by atomic mass is 16.6. The molecule has 0 amide bonds. The lowest BCUT2D eigenvalue weighted by Crippen LogP contribution is -2.10. The molecule has 2 aromatic rings. The maximum atomic E-state index is 10.9. The Hall–Kier alpha value is -3.16.